The van der Waals surface area contributed by atoms with Gasteiger partial charge in [-0.25, -0.2) is 0 Å². The van der Waals surface area contributed by atoms with E-state index in [4.69, 9.17) is 5.11 Å². The molecule has 1 fully saturated rings. The van der Waals surface area contributed by atoms with E-state index in [1.165, 1.54) is 4.90 Å². The molecule has 1 aromatic carbocycles. The number of amides is 2. The summed E-state index contributed by atoms with van der Waals surface area (Å²) in [5, 5.41) is 11.7. The van der Waals surface area contributed by atoms with Crippen LogP contribution in [0.1, 0.15) is 12.0 Å². The van der Waals surface area contributed by atoms with E-state index in [1.807, 2.05) is 0 Å². The average molecular weight is 260 g/mol. The second-order valence-corrected chi connectivity index (χ2v) is 4.81. The number of carboxylic acid groups (broad SMARTS) is 1. The number of carbonyl (C=O) groups excluding carboxylic acids is 2. The molecule has 0 spiro atoms. The minimum absolute atomic E-state index is 0.0313. The standard InChI is InChI=1S/C13H12N2O4/c16-11-4-7-3-9(1-2-10(7)14-11)15-6-8(13(18)19)5-12(15)17/h1-3,8H,4-6H2,(H,14,16)(H,18,19)/t8-/m1/s1. The van der Waals surface area contributed by atoms with Crippen LogP contribution >= 0.6 is 0 Å². The van der Waals surface area contributed by atoms with Crippen molar-refractivity contribution in [1.82, 2.24) is 0 Å². The lowest BCUT2D eigenvalue weighted by molar-refractivity contribution is -0.141. The lowest BCUT2D eigenvalue weighted by Crippen LogP contribution is -2.25. The van der Waals surface area contributed by atoms with Crippen molar-refractivity contribution in [3.63, 3.8) is 0 Å². The van der Waals surface area contributed by atoms with E-state index in [-0.39, 0.29) is 24.8 Å². The summed E-state index contributed by atoms with van der Waals surface area (Å²) < 4.78 is 0. The van der Waals surface area contributed by atoms with Crippen LogP contribution in [0, 0.1) is 5.92 Å². The maximum absolute atomic E-state index is 11.8. The molecule has 2 aliphatic rings. The van der Waals surface area contributed by atoms with Gasteiger partial charge >= 0.3 is 5.97 Å². The minimum Gasteiger partial charge on any atom is -0.481 e. The zero-order chi connectivity index (χ0) is 13.6. The van der Waals surface area contributed by atoms with E-state index in [0.717, 1.165) is 11.3 Å². The van der Waals surface area contributed by atoms with Crippen LogP contribution in [0.2, 0.25) is 0 Å². The third-order valence-corrected chi connectivity index (χ3v) is 3.50. The third kappa shape index (κ3) is 1.95. The van der Waals surface area contributed by atoms with Gasteiger partial charge in [0, 0.05) is 24.3 Å². The van der Waals surface area contributed by atoms with Crippen LogP contribution in [0.5, 0.6) is 0 Å². The van der Waals surface area contributed by atoms with Crippen LogP contribution in [0.3, 0.4) is 0 Å². The smallest absolute Gasteiger partial charge is 0.308 e. The minimum atomic E-state index is -0.950. The van der Waals surface area contributed by atoms with Gasteiger partial charge in [0.05, 0.1) is 12.3 Å². The highest BCUT2D eigenvalue weighted by molar-refractivity contribution is 6.02. The highest BCUT2D eigenvalue weighted by atomic mass is 16.4. The molecule has 2 aliphatic heterocycles. The molecule has 1 saturated heterocycles. The Bertz CT molecular complexity index is 596. The number of rotatable bonds is 2. The van der Waals surface area contributed by atoms with Crippen LogP contribution in [-0.2, 0) is 20.8 Å². The van der Waals surface area contributed by atoms with Gasteiger partial charge in [-0.2, -0.15) is 0 Å². The summed E-state index contributed by atoms with van der Waals surface area (Å²) in [6.07, 6.45) is 0.331. The van der Waals surface area contributed by atoms with Crippen molar-refractivity contribution < 1.29 is 19.5 Å². The van der Waals surface area contributed by atoms with Crippen LogP contribution in [0.15, 0.2) is 18.2 Å². The molecule has 6 heteroatoms. The van der Waals surface area contributed by atoms with Crippen LogP contribution in [0.4, 0.5) is 11.4 Å². The van der Waals surface area contributed by atoms with Crippen molar-refractivity contribution in [3.8, 4) is 0 Å². The van der Waals surface area contributed by atoms with E-state index < -0.39 is 11.9 Å². The topological polar surface area (TPSA) is 86.7 Å². The Balaban J connectivity index is 1.88. The van der Waals surface area contributed by atoms with Crippen LogP contribution in [0.25, 0.3) is 0 Å². The summed E-state index contributed by atoms with van der Waals surface area (Å²) in [6.45, 7) is 0.189. The van der Waals surface area contributed by atoms with E-state index >= 15 is 0 Å². The Labute approximate surface area is 109 Å². The first-order chi connectivity index (χ1) is 9.04. The molecular formula is C13H12N2O4. The summed E-state index contributed by atoms with van der Waals surface area (Å²) in [5.41, 5.74) is 2.26. The lowest BCUT2D eigenvalue weighted by Gasteiger charge is -2.17. The van der Waals surface area contributed by atoms with Gasteiger partial charge in [-0.1, -0.05) is 0 Å². The molecule has 0 bridgehead atoms. The van der Waals surface area contributed by atoms with Gasteiger partial charge in [-0.3, -0.25) is 14.4 Å². The van der Waals surface area contributed by atoms with E-state index in [9.17, 15) is 14.4 Å². The SMILES string of the molecule is O=C1Cc2cc(N3C[C@H](C(=O)O)CC3=O)ccc2N1. The second-order valence-electron chi connectivity index (χ2n) is 4.81. The van der Waals surface area contributed by atoms with Gasteiger partial charge in [-0.15, -0.1) is 0 Å². The number of carbonyl (C=O) groups is 3. The van der Waals surface area contributed by atoms with Gasteiger partial charge in [0.2, 0.25) is 11.8 Å². The van der Waals surface area contributed by atoms with E-state index in [0.29, 0.717) is 12.1 Å². The largest absolute Gasteiger partial charge is 0.481 e. The number of nitrogens with zero attached hydrogens (tertiary/aromatic N) is 1. The fourth-order valence-electron chi connectivity index (χ4n) is 2.51. The molecule has 3 rings (SSSR count). The van der Waals surface area contributed by atoms with Crippen molar-refractivity contribution in [2.24, 2.45) is 5.92 Å². The zero-order valence-electron chi connectivity index (χ0n) is 10.0. The van der Waals surface area contributed by atoms with Crippen molar-refractivity contribution >= 4 is 29.2 Å². The normalized spacial score (nSPS) is 21.5. The number of aliphatic carboxylic acids is 1. The van der Waals surface area contributed by atoms with Crippen molar-refractivity contribution in [2.45, 2.75) is 12.8 Å². The number of anilines is 2. The highest BCUT2D eigenvalue weighted by Gasteiger charge is 2.35. The Morgan fingerprint density at radius 3 is 2.84 bits per heavy atom. The maximum atomic E-state index is 11.8. The molecule has 98 valence electrons. The molecule has 0 aromatic heterocycles. The number of hydrogen-bond donors (Lipinski definition) is 2. The lowest BCUT2D eigenvalue weighted by atomic mass is 10.1. The maximum Gasteiger partial charge on any atom is 0.308 e. The van der Waals surface area contributed by atoms with Crippen molar-refractivity contribution in [3.05, 3.63) is 23.8 Å². The Hall–Kier alpha value is -2.37. The van der Waals surface area contributed by atoms with E-state index in [2.05, 4.69) is 5.32 Å². The number of nitrogens with one attached hydrogen (secondary N) is 1. The summed E-state index contributed by atoms with van der Waals surface area (Å²) in [5.74, 6) is -1.86. The summed E-state index contributed by atoms with van der Waals surface area (Å²) in [7, 11) is 0. The summed E-state index contributed by atoms with van der Waals surface area (Å²) in [6, 6.07) is 5.25. The molecule has 0 unspecified atom stereocenters. The first-order valence-corrected chi connectivity index (χ1v) is 6.00. The van der Waals surface area contributed by atoms with Gasteiger partial charge in [0.15, 0.2) is 0 Å². The molecule has 6 nitrogen and oxygen atoms in total. The second kappa shape index (κ2) is 4.08. The first kappa shape index (κ1) is 11.7. The molecule has 2 N–H and O–H groups in total. The number of benzene rings is 1. The quantitative estimate of drug-likeness (QED) is 0.816. The predicted molar refractivity (Wildman–Crippen MR) is 66.9 cm³/mol. The van der Waals surface area contributed by atoms with E-state index in [1.54, 1.807) is 18.2 Å². The van der Waals surface area contributed by atoms with Crippen LogP contribution < -0.4 is 10.2 Å². The highest BCUT2D eigenvalue weighted by Crippen LogP contribution is 2.31. The molecule has 19 heavy (non-hydrogen) atoms. The number of fused-ring (bicyclic) bond motifs is 1. The Morgan fingerprint density at radius 2 is 2.16 bits per heavy atom. The predicted octanol–water partition coefficient (Wildman–Crippen LogP) is 0.619. The molecule has 1 atom stereocenters. The molecule has 2 amide bonds. The molecule has 0 saturated carbocycles. The Morgan fingerprint density at radius 1 is 1.37 bits per heavy atom. The van der Waals surface area contributed by atoms with Crippen molar-refractivity contribution in [1.29, 1.82) is 0 Å². The summed E-state index contributed by atoms with van der Waals surface area (Å²) >= 11 is 0. The number of hydrogen-bond acceptors (Lipinski definition) is 3. The average Bonchev–Trinajstić information content (AvgIpc) is 2.90. The first-order valence-electron chi connectivity index (χ1n) is 6.00. The Kier molecular flexibility index (Phi) is 2.51. The monoisotopic (exact) mass is 260 g/mol. The van der Waals surface area contributed by atoms with Gasteiger partial charge in [0.25, 0.3) is 0 Å². The molecule has 2 heterocycles. The summed E-state index contributed by atoms with van der Waals surface area (Å²) in [4.78, 5) is 35.5. The van der Waals surface area contributed by atoms with Gasteiger partial charge in [0.1, 0.15) is 0 Å². The molecule has 0 radical (unpaired) electrons. The fraction of sp³-hybridized carbons (Fsp3) is 0.308. The molecule has 1 aromatic rings. The van der Waals surface area contributed by atoms with Gasteiger partial charge in [-0.05, 0) is 23.8 Å². The fourth-order valence-corrected chi connectivity index (χ4v) is 2.51. The van der Waals surface area contributed by atoms with Crippen LogP contribution in [-0.4, -0.2) is 29.4 Å². The number of carboxylic acids is 1. The van der Waals surface area contributed by atoms with Crippen molar-refractivity contribution in [2.75, 3.05) is 16.8 Å². The van der Waals surface area contributed by atoms with Gasteiger partial charge < -0.3 is 15.3 Å². The third-order valence-electron chi connectivity index (χ3n) is 3.50. The molecule has 0 aliphatic carbocycles. The zero-order valence-corrected chi connectivity index (χ0v) is 10.0. The molecular weight excluding hydrogens is 248 g/mol.